The third kappa shape index (κ3) is 2.71. The van der Waals surface area contributed by atoms with Crippen LogP contribution in [0, 0.1) is 0 Å². The van der Waals surface area contributed by atoms with E-state index in [0.29, 0.717) is 15.4 Å². The number of hydrogen-bond donors (Lipinski definition) is 1. The minimum atomic E-state index is -4.99. The van der Waals surface area contributed by atoms with Crippen LogP contribution in [0.25, 0.3) is 28.2 Å². The summed E-state index contributed by atoms with van der Waals surface area (Å²) in [5.74, 6) is -1.53. The summed E-state index contributed by atoms with van der Waals surface area (Å²) in [4.78, 5) is 6.67. The van der Waals surface area contributed by atoms with Crippen LogP contribution < -0.4 is 0 Å². The number of pyridine rings is 2. The summed E-state index contributed by atoms with van der Waals surface area (Å²) in [6, 6.07) is 2.51. The van der Waals surface area contributed by atoms with E-state index in [-0.39, 0.29) is 17.1 Å². The predicted octanol–water partition coefficient (Wildman–Crippen LogP) is 3.39. The lowest BCUT2D eigenvalue weighted by Gasteiger charge is -2.14. The fourth-order valence-electron chi connectivity index (χ4n) is 2.60. The van der Waals surface area contributed by atoms with Gasteiger partial charge in [-0.1, -0.05) is 0 Å². The number of aromatic nitrogens is 6. The van der Waals surface area contributed by atoms with E-state index in [1.54, 1.807) is 0 Å². The van der Waals surface area contributed by atoms with Crippen LogP contribution in [0.5, 0.6) is 0 Å². The molecular weight excluding hydrogens is 382 g/mol. The zero-order valence-corrected chi connectivity index (χ0v) is 12.8. The fraction of sp³-hybridized carbons (Fsp3) is 0.143. The van der Waals surface area contributed by atoms with Crippen molar-refractivity contribution in [2.75, 3.05) is 0 Å². The largest absolute Gasteiger partial charge is 0.450 e. The molecular formula is C14H6F6N6O. The second kappa shape index (κ2) is 5.31. The topological polar surface area (TPSA) is 81.7 Å². The van der Waals surface area contributed by atoms with Crippen LogP contribution in [0.3, 0.4) is 0 Å². The molecule has 0 saturated heterocycles. The van der Waals surface area contributed by atoms with Crippen molar-refractivity contribution in [3.63, 3.8) is 0 Å². The molecule has 0 aromatic carbocycles. The molecule has 0 spiro atoms. The molecule has 4 heterocycles. The maximum absolute atomic E-state index is 13.4. The smallest absolute Gasteiger partial charge is 0.427 e. The van der Waals surface area contributed by atoms with E-state index in [0.717, 1.165) is 12.3 Å². The molecule has 0 bridgehead atoms. The number of nitrogens with zero attached hydrogens (tertiary/aromatic N) is 6. The van der Waals surface area contributed by atoms with Crippen LogP contribution in [0.4, 0.5) is 26.3 Å². The number of rotatable bonds is 1. The molecule has 0 saturated carbocycles. The standard InChI is InChI=1S/C14H6F6N6O/c15-13(16,17)9-2-1-8-11(23-9)26(12(22-8)14(18,19)20)7-3-6-4-21-24-10(6)25(27)5-7/h1-5,27H. The first-order chi connectivity index (χ1) is 12.6. The van der Waals surface area contributed by atoms with Crippen LogP contribution in [0.15, 0.2) is 30.6 Å². The van der Waals surface area contributed by atoms with E-state index in [1.165, 1.54) is 12.3 Å². The highest BCUT2D eigenvalue weighted by Crippen LogP contribution is 2.36. The molecule has 0 radical (unpaired) electrons. The van der Waals surface area contributed by atoms with Gasteiger partial charge in [0.15, 0.2) is 11.5 Å². The minimum Gasteiger partial charge on any atom is -0.427 e. The van der Waals surface area contributed by atoms with Crippen LogP contribution in [-0.4, -0.2) is 34.7 Å². The highest BCUT2D eigenvalue weighted by Gasteiger charge is 2.40. The molecule has 0 fully saturated rings. The molecule has 2 aliphatic heterocycles. The predicted molar refractivity (Wildman–Crippen MR) is 76.3 cm³/mol. The number of alkyl halides is 6. The molecule has 0 atom stereocenters. The Bertz CT molecular complexity index is 1130. The average molecular weight is 388 g/mol. The van der Waals surface area contributed by atoms with E-state index in [4.69, 9.17) is 0 Å². The molecule has 0 amide bonds. The molecule has 2 aliphatic rings. The lowest BCUT2D eigenvalue weighted by atomic mass is 10.2. The van der Waals surface area contributed by atoms with E-state index in [1.807, 2.05) is 0 Å². The molecule has 7 nitrogen and oxygen atoms in total. The average Bonchev–Trinajstić information content (AvgIpc) is 3.17. The van der Waals surface area contributed by atoms with Gasteiger partial charge in [0, 0.05) is 5.56 Å². The zero-order valence-electron chi connectivity index (χ0n) is 12.8. The maximum atomic E-state index is 13.4. The molecule has 4 rings (SSSR count). The first-order valence-electron chi connectivity index (χ1n) is 7.13. The Kier molecular flexibility index (Phi) is 3.35. The van der Waals surface area contributed by atoms with Crippen LogP contribution in [-0.2, 0) is 12.4 Å². The molecule has 27 heavy (non-hydrogen) atoms. The fourth-order valence-corrected chi connectivity index (χ4v) is 2.60. The van der Waals surface area contributed by atoms with Crippen LogP contribution in [0.2, 0.25) is 0 Å². The van der Waals surface area contributed by atoms with Gasteiger partial charge in [-0.15, -0.1) is 5.10 Å². The Morgan fingerprint density at radius 1 is 0.963 bits per heavy atom. The van der Waals surface area contributed by atoms with Gasteiger partial charge >= 0.3 is 12.4 Å². The van der Waals surface area contributed by atoms with Gasteiger partial charge in [0.2, 0.25) is 5.82 Å². The Balaban J connectivity index is 2.08. The number of imidazole rings is 1. The number of halogens is 6. The lowest BCUT2D eigenvalue weighted by molar-refractivity contribution is -0.145. The second-order valence-electron chi connectivity index (χ2n) is 5.47. The first-order valence-corrected chi connectivity index (χ1v) is 7.13. The summed E-state index contributed by atoms with van der Waals surface area (Å²) in [6.45, 7) is 0. The highest BCUT2D eigenvalue weighted by molar-refractivity contribution is 5.75. The van der Waals surface area contributed by atoms with Gasteiger partial charge in [-0.05, 0) is 18.2 Å². The van der Waals surface area contributed by atoms with Gasteiger partial charge in [0.05, 0.1) is 18.1 Å². The number of hydrogen-bond acceptors (Lipinski definition) is 5. The van der Waals surface area contributed by atoms with Crippen molar-refractivity contribution >= 4 is 11.2 Å². The van der Waals surface area contributed by atoms with E-state index >= 15 is 0 Å². The molecule has 2 aromatic heterocycles. The van der Waals surface area contributed by atoms with Gasteiger partial charge in [-0.3, -0.25) is 4.57 Å². The Morgan fingerprint density at radius 2 is 1.70 bits per heavy atom. The zero-order chi connectivity index (χ0) is 19.6. The molecule has 2 aromatic rings. The molecule has 1 N–H and O–H groups in total. The lowest BCUT2D eigenvalue weighted by Crippen LogP contribution is -2.16. The summed E-state index contributed by atoms with van der Waals surface area (Å²) >= 11 is 0. The molecule has 13 heteroatoms. The van der Waals surface area contributed by atoms with Crippen LogP contribution >= 0.6 is 0 Å². The van der Waals surface area contributed by atoms with E-state index in [9.17, 15) is 31.5 Å². The van der Waals surface area contributed by atoms with Gasteiger partial charge in [-0.2, -0.15) is 36.2 Å². The Hall–Kier alpha value is -3.38. The Labute approximate surface area is 144 Å². The van der Waals surface area contributed by atoms with Gasteiger partial charge in [0.25, 0.3) is 0 Å². The summed E-state index contributed by atoms with van der Waals surface area (Å²) < 4.78 is 79.9. The van der Waals surface area contributed by atoms with Crippen molar-refractivity contribution in [1.82, 2.24) is 29.5 Å². The van der Waals surface area contributed by atoms with Crippen molar-refractivity contribution in [2.24, 2.45) is 0 Å². The summed E-state index contributed by atoms with van der Waals surface area (Å²) in [7, 11) is 0. The highest BCUT2D eigenvalue weighted by atomic mass is 19.4. The van der Waals surface area contributed by atoms with Crippen molar-refractivity contribution < 1.29 is 31.5 Å². The third-order valence-electron chi connectivity index (χ3n) is 3.69. The Morgan fingerprint density at radius 3 is 2.37 bits per heavy atom. The molecule has 0 aliphatic carbocycles. The SMILES string of the molecule is On1cc(-n2c(C(F)(F)F)nc3ccc(C(F)(F)F)nc32)cc2cnnc1-2. The normalized spacial score (nSPS) is 13.0. The maximum Gasteiger partial charge on any atom is 0.450 e. The molecule has 0 unspecified atom stereocenters. The molecule has 140 valence electrons. The summed E-state index contributed by atoms with van der Waals surface area (Å²) in [5.41, 5.74) is -2.58. The van der Waals surface area contributed by atoms with Gasteiger partial charge in [-0.25, -0.2) is 9.97 Å². The van der Waals surface area contributed by atoms with Gasteiger partial charge in [0.1, 0.15) is 11.2 Å². The van der Waals surface area contributed by atoms with Crippen molar-refractivity contribution in [3.8, 4) is 17.1 Å². The van der Waals surface area contributed by atoms with Crippen LogP contribution in [0.1, 0.15) is 11.5 Å². The second-order valence-corrected chi connectivity index (χ2v) is 5.47. The van der Waals surface area contributed by atoms with Gasteiger partial charge < -0.3 is 5.21 Å². The monoisotopic (exact) mass is 388 g/mol. The van der Waals surface area contributed by atoms with E-state index in [2.05, 4.69) is 20.2 Å². The number of fused-ring (bicyclic) bond motifs is 2. The quantitative estimate of drug-likeness (QED) is 0.399. The van der Waals surface area contributed by atoms with Crippen molar-refractivity contribution in [2.45, 2.75) is 12.4 Å². The third-order valence-corrected chi connectivity index (χ3v) is 3.69. The van der Waals surface area contributed by atoms with E-state index < -0.39 is 35.0 Å². The van der Waals surface area contributed by atoms with Crippen molar-refractivity contribution in [1.29, 1.82) is 0 Å². The summed E-state index contributed by atoms with van der Waals surface area (Å²) in [5, 5.41) is 17.0. The minimum absolute atomic E-state index is 0.0410. The van der Waals surface area contributed by atoms with Crippen molar-refractivity contribution in [3.05, 3.63) is 42.1 Å². The first kappa shape index (κ1) is 17.1. The summed E-state index contributed by atoms with van der Waals surface area (Å²) in [6.07, 6.45) is -7.83.